The Labute approximate surface area is 114 Å². The van der Waals surface area contributed by atoms with Crippen molar-refractivity contribution in [3.05, 3.63) is 18.0 Å². The van der Waals surface area contributed by atoms with Crippen LogP contribution in [-0.2, 0) is 0 Å². The third-order valence-corrected chi connectivity index (χ3v) is 3.98. The lowest BCUT2D eigenvalue weighted by atomic mass is 10.2. The zero-order valence-corrected chi connectivity index (χ0v) is 10.5. The Balaban J connectivity index is 1.89. The summed E-state index contributed by atoms with van der Waals surface area (Å²) in [5.74, 6) is 0.801. The second-order valence-electron chi connectivity index (χ2n) is 5.09. The molecule has 3 rings (SSSR count). The van der Waals surface area contributed by atoms with Gasteiger partial charge in [0.25, 0.3) is 0 Å². The molecule has 3 atom stereocenters. The summed E-state index contributed by atoms with van der Waals surface area (Å²) in [4.78, 5) is 5.81. The lowest BCUT2D eigenvalue weighted by Gasteiger charge is -2.28. The molecule has 0 aromatic carbocycles. The lowest BCUT2D eigenvalue weighted by Crippen LogP contribution is -2.36. The van der Waals surface area contributed by atoms with Crippen LogP contribution in [0.4, 0.5) is 14.5 Å². The number of ether oxygens (including phenoxy) is 1. The van der Waals surface area contributed by atoms with Crippen molar-refractivity contribution in [3.8, 4) is 11.8 Å². The van der Waals surface area contributed by atoms with Crippen molar-refractivity contribution in [2.45, 2.75) is 19.1 Å². The highest BCUT2D eigenvalue weighted by Crippen LogP contribution is 2.50. The van der Waals surface area contributed by atoms with Crippen LogP contribution in [0.2, 0.25) is 0 Å². The zero-order valence-electron chi connectivity index (χ0n) is 10.5. The minimum atomic E-state index is -3.00. The van der Waals surface area contributed by atoms with Crippen LogP contribution >= 0.6 is 0 Å². The maximum Gasteiger partial charge on any atom is 0.387 e. The van der Waals surface area contributed by atoms with Gasteiger partial charge in [0.1, 0.15) is 6.07 Å². The highest BCUT2D eigenvalue weighted by Gasteiger charge is 2.52. The molecule has 106 valence electrons. The summed E-state index contributed by atoms with van der Waals surface area (Å²) >= 11 is 0. The predicted octanol–water partition coefficient (Wildman–Crippen LogP) is 1.37. The smallest absolute Gasteiger partial charge is 0.387 e. The van der Waals surface area contributed by atoms with Gasteiger partial charge in [-0.15, -0.1) is 0 Å². The minimum absolute atomic E-state index is 0.00543. The third-order valence-electron chi connectivity index (χ3n) is 3.98. The maximum atomic E-state index is 12.3. The molecule has 1 aromatic heterocycles. The van der Waals surface area contributed by atoms with Gasteiger partial charge < -0.3 is 14.7 Å². The number of piperidine rings is 1. The van der Waals surface area contributed by atoms with Gasteiger partial charge in [-0.1, -0.05) is 0 Å². The van der Waals surface area contributed by atoms with Crippen molar-refractivity contribution in [2.75, 3.05) is 18.1 Å². The van der Waals surface area contributed by atoms with Crippen LogP contribution in [-0.4, -0.2) is 35.9 Å². The number of halogens is 2. The summed E-state index contributed by atoms with van der Waals surface area (Å²) in [5.41, 5.74) is 0.435. The van der Waals surface area contributed by atoms with E-state index < -0.39 is 6.61 Å². The fourth-order valence-corrected chi connectivity index (χ4v) is 2.96. The third kappa shape index (κ3) is 2.16. The molecule has 1 saturated carbocycles. The van der Waals surface area contributed by atoms with E-state index in [0.717, 1.165) is 13.0 Å². The zero-order chi connectivity index (χ0) is 14.3. The van der Waals surface area contributed by atoms with Gasteiger partial charge in [-0.25, -0.2) is 4.98 Å². The Bertz CT molecular complexity index is 561. The lowest BCUT2D eigenvalue weighted by molar-refractivity contribution is -0.0502. The first-order valence-electron chi connectivity index (χ1n) is 6.36. The molecule has 2 heterocycles. The molecule has 1 aliphatic heterocycles. The van der Waals surface area contributed by atoms with Crippen molar-refractivity contribution < 1.29 is 18.6 Å². The average Bonchev–Trinajstić information content (AvgIpc) is 3.09. The van der Waals surface area contributed by atoms with Gasteiger partial charge in [-0.3, -0.25) is 0 Å². The highest BCUT2D eigenvalue weighted by molar-refractivity contribution is 5.55. The number of anilines is 1. The van der Waals surface area contributed by atoms with E-state index in [1.807, 2.05) is 4.90 Å². The van der Waals surface area contributed by atoms with E-state index in [1.54, 1.807) is 6.07 Å². The van der Waals surface area contributed by atoms with Gasteiger partial charge in [0.2, 0.25) is 0 Å². The van der Waals surface area contributed by atoms with Gasteiger partial charge in [0.15, 0.2) is 11.4 Å². The Morgan fingerprint density at radius 1 is 1.60 bits per heavy atom. The number of aromatic nitrogens is 1. The largest absolute Gasteiger partial charge is 0.432 e. The molecule has 20 heavy (non-hydrogen) atoms. The van der Waals surface area contributed by atoms with Crippen LogP contribution in [0.15, 0.2) is 12.3 Å². The summed E-state index contributed by atoms with van der Waals surface area (Å²) in [6, 6.07) is 3.11. The Hall–Kier alpha value is -1.94. The molecule has 0 amide bonds. The van der Waals surface area contributed by atoms with Gasteiger partial charge in [0, 0.05) is 12.6 Å². The van der Waals surface area contributed by atoms with Crippen LogP contribution in [0.3, 0.4) is 0 Å². The standard InChI is InChI=1S/C13H13F2N3O2/c14-13(15)20-12-2-8(4-17-10(12)3-16)18-5-7-1-9(7)11(18)6-19/h2,4,7,9,11,13,19H,1,5-6H2/t7-,9?,11-/m0/s1. The minimum Gasteiger partial charge on any atom is -0.432 e. The van der Waals surface area contributed by atoms with Gasteiger partial charge in [-0.05, 0) is 18.3 Å². The fourth-order valence-electron chi connectivity index (χ4n) is 2.96. The highest BCUT2D eigenvalue weighted by atomic mass is 19.3. The molecule has 1 saturated heterocycles. The van der Waals surface area contributed by atoms with E-state index >= 15 is 0 Å². The van der Waals surface area contributed by atoms with E-state index in [1.165, 1.54) is 12.3 Å². The molecule has 0 bridgehead atoms. The van der Waals surface area contributed by atoms with Crippen molar-refractivity contribution >= 4 is 5.69 Å². The maximum absolute atomic E-state index is 12.3. The number of rotatable bonds is 4. The second-order valence-corrected chi connectivity index (χ2v) is 5.09. The molecule has 0 spiro atoms. The number of fused-ring (bicyclic) bond motifs is 1. The number of hydrogen-bond donors (Lipinski definition) is 1. The number of nitrogens with zero attached hydrogens (tertiary/aromatic N) is 3. The molecule has 1 aromatic rings. The van der Waals surface area contributed by atoms with E-state index in [4.69, 9.17) is 5.26 Å². The molecule has 5 nitrogen and oxygen atoms in total. The normalized spacial score (nSPS) is 27.4. The number of hydrogen-bond acceptors (Lipinski definition) is 5. The molecule has 0 radical (unpaired) electrons. The molecular weight excluding hydrogens is 268 g/mol. The van der Waals surface area contributed by atoms with E-state index in [0.29, 0.717) is 17.5 Å². The van der Waals surface area contributed by atoms with Crippen molar-refractivity contribution in [2.24, 2.45) is 11.8 Å². The summed E-state index contributed by atoms with van der Waals surface area (Å²) in [6.07, 6.45) is 2.57. The van der Waals surface area contributed by atoms with Gasteiger partial charge in [-0.2, -0.15) is 14.0 Å². The van der Waals surface area contributed by atoms with Crippen LogP contribution in [0.25, 0.3) is 0 Å². The van der Waals surface area contributed by atoms with Crippen molar-refractivity contribution in [1.29, 1.82) is 5.26 Å². The topological polar surface area (TPSA) is 69.4 Å². The van der Waals surface area contributed by atoms with Crippen LogP contribution in [0, 0.1) is 23.2 Å². The number of alkyl halides is 2. The number of aliphatic hydroxyl groups is 1. The van der Waals surface area contributed by atoms with E-state index in [2.05, 4.69) is 9.72 Å². The van der Waals surface area contributed by atoms with Crippen LogP contribution in [0.1, 0.15) is 12.1 Å². The number of nitriles is 1. The molecule has 2 aliphatic rings. The summed E-state index contributed by atoms with van der Waals surface area (Å²) < 4.78 is 29.0. The Kier molecular flexibility index (Phi) is 3.18. The fraction of sp³-hybridized carbons (Fsp3) is 0.538. The van der Waals surface area contributed by atoms with Crippen molar-refractivity contribution in [3.63, 3.8) is 0 Å². The number of pyridine rings is 1. The number of aliphatic hydroxyl groups excluding tert-OH is 1. The summed E-state index contributed by atoms with van der Waals surface area (Å²) in [6.45, 7) is -2.20. The van der Waals surface area contributed by atoms with Crippen LogP contribution in [0.5, 0.6) is 5.75 Å². The van der Waals surface area contributed by atoms with Gasteiger partial charge in [0.05, 0.1) is 24.5 Å². The van der Waals surface area contributed by atoms with Gasteiger partial charge >= 0.3 is 6.61 Å². The summed E-state index contributed by atoms with van der Waals surface area (Å²) in [7, 11) is 0. The molecule has 2 fully saturated rings. The first kappa shape index (κ1) is 13.1. The van der Waals surface area contributed by atoms with Crippen molar-refractivity contribution in [1.82, 2.24) is 4.98 Å². The molecular formula is C13H13F2N3O2. The SMILES string of the molecule is N#Cc1ncc(N2C[C@@H]3CC3[C@@H]2CO)cc1OC(F)F. The molecule has 7 heteroatoms. The predicted molar refractivity (Wildman–Crippen MR) is 65.4 cm³/mol. The first-order valence-corrected chi connectivity index (χ1v) is 6.36. The van der Waals surface area contributed by atoms with E-state index in [-0.39, 0.29) is 24.1 Å². The Morgan fingerprint density at radius 3 is 3.05 bits per heavy atom. The monoisotopic (exact) mass is 281 g/mol. The molecule has 1 unspecified atom stereocenters. The first-order chi connectivity index (χ1) is 9.63. The van der Waals surface area contributed by atoms with Crippen LogP contribution < -0.4 is 9.64 Å². The summed E-state index contributed by atoms with van der Waals surface area (Å²) in [5, 5.41) is 18.3. The molecule has 1 aliphatic carbocycles. The van der Waals surface area contributed by atoms with E-state index in [9.17, 15) is 13.9 Å². The average molecular weight is 281 g/mol. The second kappa shape index (κ2) is 4.87. The Morgan fingerprint density at radius 2 is 2.40 bits per heavy atom. The quantitative estimate of drug-likeness (QED) is 0.902. The molecule has 1 N–H and O–H groups in total.